The molecular weight excluding hydrogens is 414 g/mol. The molecule has 0 saturated carbocycles. The van der Waals surface area contributed by atoms with Crippen LogP contribution in [0.5, 0.6) is 0 Å². The van der Waals surface area contributed by atoms with Crippen LogP contribution < -0.4 is 21.3 Å². The summed E-state index contributed by atoms with van der Waals surface area (Å²) in [5, 5.41) is 13.0. The largest absolute Gasteiger partial charge is 0.384 e. The molecule has 162 valence electrons. The fourth-order valence-corrected chi connectivity index (χ4v) is 4.31. The van der Waals surface area contributed by atoms with Gasteiger partial charge in [-0.3, -0.25) is 19.8 Å². The Morgan fingerprint density at radius 3 is 2.58 bits per heavy atom. The molecule has 0 aromatic heterocycles. The van der Waals surface area contributed by atoms with Crippen molar-refractivity contribution >= 4 is 41.0 Å². The van der Waals surface area contributed by atoms with E-state index in [0.717, 1.165) is 16.1 Å². The number of carbonyl (C=O) groups excluding carboxylic acids is 3. The standard InChI is InChI=1S/C22H25N5O3S/c1-14(28)26-17-13-31-19-5-3-2-4-18(19)27(22(17)30)11-10-20(29)25-12-15-6-8-16(9-7-15)21(23)24/h2-9,17H,10-13H2,1H3,(H3,23,24)(H,25,29)(H,26,28)/t17-/m0/s1. The number of amides is 3. The van der Waals surface area contributed by atoms with Crippen molar-refractivity contribution < 1.29 is 14.4 Å². The number of nitrogens with one attached hydrogen (secondary N) is 3. The Labute approximate surface area is 185 Å². The second kappa shape index (κ2) is 10.1. The number of hydrogen-bond donors (Lipinski definition) is 4. The number of rotatable bonds is 7. The van der Waals surface area contributed by atoms with Crippen molar-refractivity contribution in [3.8, 4) is 0 Å². The van der Waals surface area contributed by atoms with E-state index in [2.05, 4.69) is 10.6 Å². The SMILES string of the molecule is CC(=O)N[C@H]1CSc2ccccc2N(CCC(=O)NCc2ccc(C(=N)N)cc2)C1=O. The third-order valence-electron chi connectivity index (χ3n) is 4.82. The number of fused-ring (bicyclic) bond motifs is 1. The Bertz CT molecular complexity index is 993. The third-order valence-corrected chi connectivity index (χ3v) is 5.98. The number of hydrogen-bond acceptors (Lipinski definition) is 5. The third kappa shape index (κ3) is 5.85. The Morgan fingerprint density at radius 2 is 1.90 bits per heavy atom. The van der Waals surface area contributed by atoms with Crippen LogP contribution in [0.2, 0.25) is 0 Å². The molecule has 0 saturated heterocycles. The number of nitrogens with zero attached hydrogens (tertiary/aromatic N) is 1. The van der Waals surface area contributed by atoms with E-state index in [1.54, 1.807) is 29.2 Å². The second-order valence-electron chi connectivity index (χ2n) is 7.16. The van der Waals surface area contributed by atoms with Crippen LogP contribution in [0.15, 0.2) is 53.4 Å². The van der Waals surface area contributed by atoms with Crippen molar-refractivity contribution in [3.05, 3.63) is 59.7 Å². The number of carbonyl (C=O) groups is 3. The van der Waals surface area contributed by atoms with Crippen molar-refractivity contribution in [1.29, 1.82) is 5.41 Å². The average Bonchev–Trinajstić information content (AvgIpc) is 2.87. The molecule has 3 amide bonds. The molecule has 31 heavy (non-hydrogen) atoms. The molecule has 0 aliphatic carbocycles. The summed E-state index contributed by atoms with van der Waals surface area (Å²) in [5.41, 5.74) is 7.70. The Hall–Kier alpha value is -3.33. The van der Waals surface area contributed by atoms with Crippen LogP contribution in [0.1, 0.15) is 24.5 Å². The van der Waals surface area contributed by atoms with Crippen LogP contribution in [-0.4, -0.2) is 41.9 Å². The smallest absolute Gasteiger partial charge is 0.250 e. The van der Waals surface area contributed by atoms with Gasteiger partial charge >= 0.3 is 0 Å². The first-order valence-electron chi connectivity index (χ1n) is 9.85. The van der Waals surface area contributed by atoms with Crippen LogP contribution in [0, 0.1) is 5.41 Å². The van der Waals surface area contributed by atoms with Gasteiger partial charge in [0.25, 0.3) is 0 Å². The Morgan fingerprint density at radius 1 is 1.19 bits per heavy atom. The maximum absolute atomic E-state index is 13.1. The van der Waals surface area contributed by atoms with Crippen LogP contribution >= 0.6 is 11.8 Å². The monoisotopic (exact) mass is 439 g/mol. The van der Waals surface area contributed by atoms with E-state index in [-0.39, 0.29) is 36.5 Å². The quantitative estimate of drug-likeness (QED) is 0.385. The van der Waals surface area contributed by atoms with E-state index in [9.17, 15) is 14.4 Å². The zero-order valence-corrected chi connectivity index (χ0v) is 18.0. The van der Waals surface area contributed by atoms with E-state index >= 15 is 0 Å². The van der Waals surface area contributed by atoms with Gasteiger partial charge in [0.05, 0.1) is 5.69 Å². The molecule has 1 atom stereocenters. The molecule has 5 N–H and O–H groups in total. The summed E-state index contributed by atoms with van der Waals surface area (Å²) in [6.45, 7) is 1.93. The number of thioether (sulfide) groups is 1. The van der Waals surface area contributed by atoms with Crippen molar-refractivity contribution in [1.82, 2.24) is 10.6 Å². The highest BCUT2D eigenvalue weighted by molar-refractivity contribution is 7.99. The molecule has 0 spiro atoms. The minimum Gasteiger partial charge on any atom is -0.384 e. The van der Waals surface area contributed by atoms with Crippen molar-refractivity contribution in [2.75, 3.05) is 17.2 Å². The number of para-hydroxylation sites is 1. The van der Waals surface area contributed by atoms with Crippen LogP contribution in [-0.2, 0) is 20.9 Å². The summed E-state index contributed by atoms with van der Waals surface area (Å²) in [5.74, 6) is -0.241. The van der Waals surface area contributed by atoms with Gasteiger partial charge in [-0.05, 0) is 17.7 Å². The van der Waals surface area contributed by atoms with E-state index in [1.807, 2.05) is 24.3 Å². The van der Waals surface area contributed by atoms with Gasteiger partial charge < -0.3 is 21.3 Å². The lowest BCUT2D eigenvalue weighted by molar-refractivity contribution is -0.126. The van der Waals surface area contributed by atoms with Gasteiger partial charge in [0, 0.05) is 42.6 Å². The average molecular weight is 440 g/mol. The topological polar surface area (TPSA) is 128 Å². The second-order valence-corrected chi connectivity index (χ2v) is 8.22. The highest BCUT2D eigenvalue weighted by Crippen LogP contribution is 2.34. The van der Waals surface area contributed by atoms with E-state index in [1.165, 1.54) is 18.7 Å². The normalized spacial score (nSPS) is 15.6. The molecule has 1 aliphatic heterocycles. The fourth-order valence-electron chi connectivity index (χ4n) is 3.24. The molecule has 0 radical (unpaired) electrons. The van der Waals surface area contributed by atoms with Crippen LogP contribution in [0.3, 0.4) is 0 Å². The lowest BCUT2D eigenvalue weighted by Crippen LogP contribution is -2.49. The van der Waals surface area contributed by atoms with Gasteiger partial charge in [-0.25, -0.2) is 0 Å². The number of benzene rings is 2. The lowest BCUT2D eigenvalue weighted by Gasteiger charge is -2.25. The fraction of sp³-hybridized carbons (Fsp3) is 0.273. The highest BCUT2D eigenvalue weighted by atomic mass is 32.2. The summed E-state index contributed by atoms with van der Waals surface area (Å²) >= 11 is 1.51. The molecule has 0 unspecified atom stereocenters. The number of nitrogen functional groups attached to an aromatic ring is 1. The molecule has 0 bridgehead atoms. The van der Waals surface area contributed by atoms with Gasteiger partial charge in [0.2, 0.25) is 17.7 Å². The predicted molar refractivity (Wildman–Crippen MR) is 121 cm³/mol. The Kier molecular flexibility index (Phi) is 7.30. The highest BCUT2D eigenvalue weighted by Gasteiger charge is 2.31. The van der Waals surface area contributed by atoms with E-state index in [4.69, 9.17) is 11.1 Å². The maximum atomic E-state index is 13.1. The van der Waals surface area contributed by atoms with Crippen molar-refractivity contribution in [3.63, 3.8) is 0 Å². The minimum atomic E-state index is -0.641. The van der Waals surface area contributed by atoms with Gasteiger partial charge in [-0.15, -0.1) is 11.8 Å². The van der Waals surface area contributed by atoms with E-state index in [0.29, 0.717) is 17.9 Å². The zero-order valence-electron chi connectivity index (χ0n) is 17.2. The molecular formula is C22H25N5O3S. The molecule has 3 rings (SSSR count). The molecule has 0 fully saturated rings. The first kappa shape index (κ1) is 22.4. The predicted octanol–water partition coefficient (Wildman–Crippen LogP) is 1.62. The summed E-state index contributed by atoms with van der Waals surface area (Å²) in [4.78, 5) is 39.5. The summed E-state index contributed by atoms with van der Waals surface area (Å²) < 4.78 is 0. The molecule has 9 heteroatoms. The lowest BCUT2D eigenvalue weighted by atomic mass is 10.1. The van der Waals surface area contributed by atoms with Crippen molar-refractivity contribution in [2.45, 2.75) is 30.8 Å². The first-order valence-corrected chi connectivity index (χ1v) is 10.8. The summed E-state index contributed by atoms with van der Waals surface area (Å²) in [7, 11) is 0. The number of anilines is 1. The van der Waals surface area contributed by atoms with Gasteiger partial charge in [-0.1, -0.05) is 36.4 Å². The van der Waals surface area contributed by atoms with Crippen LogP contribution in [0.25, 0.3) is 0 Å². The molecule has 2 aromatic carbocycles. The van der Waals surface area contributed by atoms with E-state index < -0.39 is 6.04 Å². The van der Waals surface area contributed by atoms with Crippen LogP contribution in [0.4, 0.5) is 5.69 Å². The Balaban J connectivity index is 1.63. The summed E-state index contributed by atoms with van der Waals surface area (Å²) in [6, 6.07) is 14.0. The molecule has 1 aliphatic rings. The number of nitrogens with two attached hydrogens (primary N) is 1. The maximum Gasteiger partial charge on any atom is 0.250 e. The molecule has 8 nitrogen and oxygen atoms in total. The molecule has 1 heterocycles. The minimum absolute atomic E-state index is 0.00582. The van der Waals surface area contributed by atoms with Gasteiger partial charge in [0.1, 0.15) is 11.9 Å². The molecule has 2 aromatic rings. The zero-order chi connectivity index (χ0) is 22.4. The van der Waals surface area contributed by atoms with Gasteiger partial charge in [-0.2, -0.15) is 0 Å². The first-order chi connectivity index (χ1) is 14.8. The van der Waals surface area contributed by atoms with Gasteiger partial charge in [0.15, 0.2) is 0 Å². The summed E-state index contributed by atoms with van der Waals surface area (Å²) in [6.07, 6.45) is 0.128. The van der Waals surface area contributed by atoms with Crippen molar-refractivity contribution in [2.24, 2.45) is 5.73 Å². The number of amidine groups is 1.